The van der Waals surface area contributed by atoms with Crippen molar-refractivity contribution in [3.63, 3.8) is 0 Å². The number of piperazine rings is 1. The van der Waals surface area contributed by atoms with Crippen LogP contribution in [0.15, 0.2) is 79.6 Å². The standard InChI is InChI=1S/C30H34F3N5O3.C2H4/c1-6-7-22(16-19(2)3)25(18-39)36-12-14-37(15-13-36)29(40)24-17-34-38-27(30(31,32)33)20(4)26(35-28(24)38)21-8-10-23(41-5)11-9-21;1-2/h6-11,16-17,25,39H,1,12-15,18H2,2-5H3;1-2H2/b22-7+;/t25-;/m1./s1. The lowest BCUT2D eigenvalue weighted by molar-refractivity contribution is -0.143. The van der Waals surface area contributed by atoms with E-state index >= 15 is 0 Å². The second kappa shape index (κ2) is 14.3. The summed E-state index contributed by atoms with van der Waals surface area (Å²) in [7, 11) is 1.50. The Kier molecular flexibility index (Phi) is 11.1. The second-order valence-corrected chi connectivity index (χ2v) is 10.1. The zero-order chi connectivity index (χ0) is 31.9. The highest BCUT2D eigenvalue weighted by molar-refractivity contribution is 6.00. The van der Waals surface area contributed by atoms with Gasteiger partial charge in [-0.3, -0.25) is 9.69 Å². The summed E-state index contributed by atoms with van der Waals surface area (Å²) in [6.07, 6.45) is 1.94. The van der Waals surface area contributed by atoms with E-state index in [4.69, 9.17) is 4.74 Å². The monoisotopic (exact) mass is 597 g/mol. The van der Waals surface area contributed by atoms with Crippen LogP contribution in [0.4, 0.5) is 13.2 Å². The van der Waals surface area contributed by atoms with E-state index in [2.05, 4.69) is 34.7 Å². The summed E-state index contributed by atoms with van der Waals surface area (Å²) < 4.78 is 48.7. The summed E-state index contributed by atoms with van der Waals surface area (Å²) in [5.41, 5.74) is 1.31. The maximum absolute atomic E-state index is 14.3. The predicted molar refractivity (Wildman–Crippen MR) is 162 cm³/mol. The molecule has 2 aromatic heterocycles. The number of hydrogen-bond donors (Lipinski definition) is 1. The third-order valence-electron chi connectivity index (χ3n) is 7.11. The maximum atomic E-state index is 14.3. The summed E-state index contributed by atoms with van der Waals surface area (Å²) in [4.78, 5) is 21.8. The minimum Gasteiger partial charge on any atom is -0.497 e. The summed E-state index contributed by atoms with van der Waals surface area (Å²) in [6, 6.07) is 6.27. The van der Waals surface area contributed by atoms with Crippen LogP contribution in [-0.2, 0) is 6.18 Å². The van der Waals surface area contributed by atoms with Crippen LogP contribution in [0.2, 0.25) is 0 Å². The van der Waals surface area contributed by atoms with Crippen molar-refractivity contribution in [2.75, 3.05) is 39.9 Å². The number of aliphatic hydroxyl groups is 1. The Morgan fingerprint density at radius 1 is 1.14 bits per heavy atom. The van der Waals surface area contributed by atoms with Gasteiger partial charge in [0.2, 0.25) is 0 Å². The van der Waals surface area contributed by atoms with Crippen molar-refractivity contribution in [3.8, 4) is 17.0 Å². The van der Waals surface area contributed by atoms with Gasteiger partial charge in [-0.25, -0.2) is 9.50 Å². The number of aromatic nitrogens is 3. The number of ether oxygens (including phenoxy) is 1. The number of carbonyl (C=O) groups excluding carboxylic acids is 1. The van der Waals surface area contributed by atoms with Crippen molar-refractivity contribution in [2.24, 2.45) is 0 Å². The Labute approximate surface area is 250 Å². The lowest BCUT2D eigenvalue weighted by Crippen LogP contribution is -2.53. The molecular formula is C32H38F3N5O3. The minimum absolute atomic E-state index is 0.00537. The molecule has 0 spiro atoms. The number of benzene rings is 1. The molecule has 43 heavy (non-hydrogen) atoms. The number of alkyl halides is 3. The minimum atomic E-state index is -4.73. The van der Waals surface area contributed by atoms with Gasteiger partial charge in [-0.05, 0) is 50.6 Å². The predicted octanol–water partition coefficient (Wildman–Crippen LogP) is 5.73. The fourth-order valence-electron chi connectivity index (χ4n) is 5.15. The largest absolute Gasteiger partial charge is 0.497 e. The van der Waals surface area contributed by atoms with E-state index in [0.717, 1.165) is 17.3 Å². The van der Waals surface area contributed by atoms with Gasteiger partial charge < -0.3 is 14.7 Å². The molecule has 1 saturated heterocycles. The van der Waals surface area contributed by atoms with Crippen LogP contribution >= 0.6 is 0 Å². The molecule has 230 valence electrons. The fourth-order valence-corrected chi connectivity index (χ4v) is 5.15. The smallest absolute Gasteiger partial charge is 0.433 e. The summed E-state index contributed by atoms with van der Waals surface area (Å²) >= 11 is 0. The van der Waals surface area contributed by atoms with Gasteiger partial charge in [-0.2, -0.15) is 18.3 Å². The van der Waals surface area contributed by atoms with Crippen LogP contribution in [0.5, 0.6) is 5.75 Å². The van der Waals surface area contributed by atoms with Gasteiger partial charge in [-0.1, -0.05) is 30.4 Å². The van der Waals surface area contributed by atoms with Crippen molar-refractivity contribution in [2.45, 2.75) is 33.0 Å². The first-order valence-electron chi connectivity index (χ1n) is 13.7. The molecule has 0 bridgehead atoms. The normalized spacial score (nSPS) is 15.0. The first-order valence-corrected chi connectivity index (χ1v) is 13.7. The molecule has 0 aliphatic carbocycles. The van der Waals surface area contributed by atoms with Gasteiger partial charge in [0, 0.05) is 37.3 Å². The third-order valence-corrected chi connectivity index (χ3v) is 7.11. The number of methoxy groups -OCH3 is 1. The molecule has 1 aromatic carbocycles. The highest BCUT2D eigenvalue weighted by atomic mass is 19.4. The first-order chi connectivity index (χ1) is 20.5. The van der Waals surface area contributed by atoms with Crippen molar-refractivity contribution in [3.05, 3.63) is 96.4 Å². The van der Waals surface area contributed by atoms with Crippen LogP contribution in [0, 0.1) is 6.92 Å². The van der Waals surface area contributed by atoms with Crippen molar-refractivity contribution < 1.29 is 27.8 Å². The zero-order valence-corrected chi connectivity index (χ0v) is 25.0. The van der Waals surface area contributed by atoms with Gasteiger partial charge in [-0.15, -0.1) is 13.2 Å². The van der Waals surface area contributed by atoms with Gasteiger partial charge in [0.15, 0.2) is 11.3 Å². The quantitative estimate of drug-likeness (QED) is 0.264. The summed E-state index contributed by atoms with van der Waals surface area (Å²) in [5.74, 6) is 0.107. The van der Waals surface area contributed by atoms with Crippen LogP contribution in [-0.4, -0.2) is 81.3 Å². The molecule has 1 N–H and O–H groups in total. The topological polar surface area (TPSA) is 83.2 Å². The molecule has 1 aliphatic rings. The Morgan fingerprint density at radius 3 is 2.28 bits per heavy atom. The van der Waals surface area contributed by atoms with Crippen molar-refractivity contribution >= 4 is 11.6 Å². The number of hydrogen-bond acceptors (Lipinski definition) is 6. The number of nitrogens with zero attached hydrogens (tertiary/aromatic N) is 5. The Hall–Kier alpha value is -4.22. The molecule has 4 rings (SSSR count). The number of rotatable bonds is 8. The average molecular weight is 598 g/mol. The van der Waals surface area contributed by atoms with E-state index in [-0.39, 0.29) is 35.1 Å². The highest BCUT2D eigenvalue weighted by Gasteiger charge is 2.39. The molecular weight excluding hydrogens is 559 g/mol. The molecule has 0 radical (unpaired) electrons. The lowest BCUT2D eigenvalue weighted by atomic mass is 10.0. The highest BCUT2D eigenvalue weighted by Crippen LogP contribution is 2.37. The van der Waals surface area contributed by atoms with E-state index in [1.54, 1.807) is 35.2 Å². The third kappa shape index (κ3) is 7.23. The molecule has 11 heteroatoms. The first kappa shape index (κ1) is 33.3. The number of carbonyl (C=O) groups is 1. The molecule has 3 heterocycles. The fraction of sp³-hybridized carbons (Fsp3) is 0.344. The molecule has 1 amide bonds. The molecule has 0 unspecified atom stereocenters. The van der Waals surface area contributed by atoms with E-state index in [1.807, 2.05) is 26.0 Å². The molecule has 1 aliphatic heterocycles. The van der Waals surface area contributed by atoms with Gasteiger partial charge >= 0.3 is 6.18 Å². The Bertz CT molecular complexity index is 1500. The van der Waals surface area contributed by atoms with Crippen LogP contribution < -0.4 is 4.74 Å². The van der Waals surface area contributed by atoms with E-state index in [9.17, 15) is 23.1 Å². The summed E-state index contributed by atoms with van der Waals surface area (Å²) in [5, 5.41) is 14.1. The second-order valence-electron chi connectivity index (χ2n) is 10.1. The SMILES string of the molecule is C=C.C=C/C=C(\C=C(C)C)[C@@H](CO)N1CCN(C(=O)c2cnn3c(C(F)(F)F)c(C)c(-c4ccc(OC)cc4)nc23)CC1. The van der Waals surface area contributed by atoms with Crippen LogP contribution in [0.3, 0.4) is 0 Å². The van der Waals surface area contributed by atoms with E-state index in [1.165, 1.54) is 14.0 Å². The van der Waals surface area contributed by atoms with Crippen LogP contribution in [0.25, 0.3) is 16.9 Å². The van der Waals surface area contributed by atoms with Gasteiger partial charge in [0.05, 0.1) is 31.6 Å². The maximum Gasteiger partial charge on any atom is 0.433 e. The number of allylic oxidation sites excluding steroid dienone is 3. The molecule has 1 atom stereocenters. The van der Waals surface area contributed by atoms with E-state index < -0.39 is 17.8 Å². The van der Waals surface area contributed by atoms with Crippen molar-refractivity contribution in [1.82, 2.24) is 24.4 Å². The van der Waals surface area contributed by atoms with Crippen molar-refractivity contribution in [1.29, 1.82) is 0 Å². The van der Waals surface area contributed by atoms with E-state index in [0.29, 0.717) is 42.0 Å². The Balaban J connectivity index is 0.00000248. The number of halogens is 3. The average Bonchev–Trinajstić information content (AvgIpc) is 3.40. The lowest BCUT2D eigenvalue weighted by Gasteiger charge is -2.39. The Morgan fingerprint density at radius 2 is 1.77 bits per heavy atom. The molecule has 1 fully saturated rings. The zero-order valence-electron chi connectivity index (χ0n) is 25.0. The van der Waals surface area contributed by atoms with Crippen LogP contribution in [0.1, 0.15) is 35.5 Å². The van der Waals surface area contributed by atoms with Gasteiger partial charge in [0.1, 0.15) is 11.3 Å². The molecule has 8 nitrogen and oxygen atoms in total. The number of aliphatic hydroxyl groups excluding tert-OH is 1. The number of amides is 1. The summed E-state index contributed by atoms with van der Waals surface area (Å²) in [6.45, 7) is 16.5. The molecule has 0 saturated carbocycles. The molecule has 3 aromatic rings. The van der Waals surface area contributed by atoms with Gasteiger partial charge in [0.25, 0.3) is 5.91 Å². The number of fused-ring (bicyclic) bond motifs is 1.